The smallest absolute Gasteiger partial charge is 0.227 e. The SMILES string of the molecule is c1ccc(-c2nc3c(cc(N(c4ccc5c(c4)sc4ccccc45)c4ccc5sc6ccccc6c5c4)c4oc5ccccc5c43)o2)cc1. The molecule has 6 heteroatoms. The van der Waals surface area contributed by atoms with Crippen molar-refractivity contribution in [1.29, 1.82) is 0 Å². The fraction of sp³-hybridized carbons (Fsp3) is 0. The van der Waals surface area contributed by atoms with Crippen LogP contribution in [0.2, 0.25) is 0 Å². The number of oxazole rings is 1. The van der Waals surface area contributed by atoms with E-state index in [-0.39, 0.29) is 0 Å². The standard InChI is InChI=1S/C43H24N2O2S2/c1-2-10-25(11-3-1)43-44-41-35(47-43)24-33(42-40(41)31-14-4-7-15-34(31)46-42)45(26-19-21-38-32(22-26)29-13-6-9-17-37(29)48-38)27-18-20-30-28-12-5-8-16-36(28)49-39(30)23-27/h1-24H. The maximum Gasteiger partial charge on any atom is 0.227 e. The Morgan fingerprint density at radius 2 is 1.10 bits per heavy atom. The first-order valence-corrected chi connectivity index (χ1v) is 17.8. The molecule has 0 aliphatic carbocycles. The van der Waals surface area contributed by atoms with Gasteiger partial charge < -0.3 is 13.7 Å². The van der Waals surface area contributed by atoms with E-state index in [1.807, 2.05) is 65.1 Å². The number of rotatable bonds is 4. The van der Waals surface area contributed by atoms with E-state index >= 15 is 0 Å². The Morgan fingerprint density at radius 1 is 0.469 bits per heavy atom. The van der Waals surface area contributed by atoms with Crippen LogP contribution in [-0.2, 0) is 0 Å². The zero-order valence-electron chi connectivity index (χ0n) is 25.9. The highest BCUT2D eigenvalue weighted by Crippen LogP contribution is 2.48. The summed E-state index contributed by atoms with van der Waals surface area (Å²) in [5.74, 6) is 0.587. The molecule has 4 aromatic heterocycles. The van der Waals surface area contributed by atoms with E-state index in [1.54, 1.807) is 0 Å². The van der Waals surface area contributed by atoms with Crippen molar-refractivity contribution in [3.63, 3.8) is 0 Å². The predicted molar refractivity (Wildman–Crippen MR) is 207 cm³/mol. The average Bonchev–Trinajstić information content (AvgIpc) is 3.93. The van der Waals surface area contributed by atoms with Crippen molar-refractivity contribution in [2.24, 2.45) is 0 Å². The quantitative estimate of drug-likeness (QED) is 0.188. The zero-order chi connectivity index (χ0) is 32.1. The maximum absolute atomic E-state index is 6.79. The minimum absolute atomic E-state index is 0.587. The van der Waals surface area contributed by atoms with Gasteiger partial charge in [0.1, 0.15) is 11.1 Å². The fourth-order valence-electron chi connectivity index (χ4n) is 7.26. The summed E-state index contributed by atoms with van der Waals surface area (Å²) in [6.45, 7) is 0. The first kappa shape index (κ1) is 27.0. The Bertz CT molecular complexity index is 3080. The van der Waals surface area contributed by atoms with Gasteiger partial charge in [0, 0.05) is 68.7 Å². The van der Waals surface area contributed by atoms with Gasteiger partial charge in [0.25, 0.3) is 0 Å². The highest BCUT2D eigenvalue weighted by molar-refractivity contribution is 7.26. The number of nitrogens with zero attached hydrogens (tertiary/aromatic N) is 2. The molecule has 49 heavy (non-hydrogen) atoms. The number of para-hydroxylation sites is 1. The van der Waals surface area contributed by atoms with Gasteiger partial charge in [0.05, 0.1) is 11.1 Å². The molecular weight excluding hydrogens is 641 g/mol. The van der Waals surface area contributed by atoms with Crippen LogP contribution in [0, 0.1) is 0 Å². The molecule has 0 atom stereocenters. The van der Waals surface area contributed by atoms with Gasteiger partial charge in [-0.15, -0.1) is 22.7 Å². The summed E-state index contributed by atoms with van der Waals surface area (Å²) in [6.07, 6.45) is 0. The summed E-state index contributed by atoms with van der Waals surface area (Å²) in [5.41, 5.74) is 7.01. The normalized spacial score (nSPS) is 12.1. The summed E-state index contributed by atoms with van der Waals surface area (Å²) in [6, 6.07) is 51.3. The topological polar surface area (TPSA) is 42.4 Å². The van der Waals surface area contributed by atoms with Crippen molar-refractivity contribution in [2.45, 2.75) is 0 Å². The van der Waals surface area contributed by atoms with Crippen molar-refractivity contribution >= 4 is 113 Å². The van der Waals surface area contributed by atoms with Gasteiger partial charge in [-0.25, -0.2) is 4.98 Å². The molecule has 11 rings (SSSR count). The third-order valence-corrected chi connectivity index (χ3v) is 11.8. The number of benzene rings is 7. The van der Waals surface area contributed by atoms with Crippen molar-refractivity contribution in [3.8, 4) is 11.5 Å². The number of furan rings is 1. The second-order valence-corrected chi connectivity index (χ2v) is 14.5. The largest absolute Gasteiger partial charge is 0.454 e. The van der Waals surface area contributed by atoms with Crippen LogP contribution < -0.4 is 4.90 Å². The molecule has 0 aliphatic rings. The van der Waals surface area contributed by atoms with Gasteiger partial charge in [-0.1, -0.05) is 78.9 Å². The van der Waals surface area contributed by atoms with Crippen LogP contribution in [0.1, 0.15) is 0 Å². The number of hydrogen-bond donors (Lipinski definition) is 0. The number of aromatic nitrogens is 1. The summed E-state index contributed by atoms with van der Waals surface area (Å²) in [4.78, 5) is 7.39. The zero-order valence-corrected chi connectivity index (χ0v) is 27.5. The predicted octanol–water partition coefficient (Wildman–Crippen LogP) is 13.6. The Balaban J connectivity index is 1.24. The summed E-state index contributed by atoms with van der Waals surface area (Å²) < 4.78 is 18.4. The van der Waals surface area contributed by atoms with E-state index < -0.39 is 0 Å². The molecule has 0 saturated heterocycles. The van der Waals surface area contributed by atoms with Crippen LogP contribution in [0.5, 0.6) is 0 Å². The number of hydrogen-bond acceptors (Lipinski definition) is 6. The molecule has 0 N–H and O–H groups in total. The molecule has 4 nitrogen and oxygen atoms in total. The van der Waals surface area contributed by atoms with Crippen LogP contribution in [0.3, 0.4) is 0 Å². The Hall–Kier alpha value is -5.95. The van der Waals surface area contributed by atoms with Crippen molar-refractivity contribution < 1.29 is 8.83 Å². The van der Waals surface area contributed by atoms with Crippen molar-refractivity contribution in [3.05, 3.63) is 146 Å². The van der Waals surface area contributed by atoms with Gasteiger partial charge in [0.2, 0.25) is 5.89 Å². The minimum Gasteiger partial charge on any atom is -0.454 e. The van der Waals surface area contributed by atoms with Crippen LogP contribution in [0.15, 0.2) is 154 Å². The first-order chi connectivity index (χ1) is 24.3. The lowest BCUT2D eigenvalue weighted by molar-refractivity contribution is 0.619. The second-order valence-electron chi connectivity index (χ2n) is 12.3. The Labute approximate surface area is 287 Å². The molecule has 0 bridgehead atoms. The van der Waals surface area contributed by atoms with Gasteiger partial charge in [0.15, 0.2) is 11.2 Å². The van der Waals surface area contributed by atoms with E-state index in [4.69, 9.17) is 13.8 Å². The lowest BCUT2D eigenvalue weighted by Crippen LogP contribution is -2.10. The lowest BCUT2D eigenvalue weighted by Gasteiger charge is -2.26. The minimum atomic E-state index is 0.587. The molecule has 4 heterocycles. The molecule has 0 spiro atoms. The molecule has 7 aromatic carbocycles. The van der Waals surface area contributed by atoms with Crippen molar-refractivity contribution in [1.82, 2.24) is 4.98 Å². The molecule has 0 aliphatic heterocycles. The van der Waals surface area contributed by atoms with Crippen molar-refractivity contribution in [2.75, 3.05) is 4.90 Å². The molecule has 0 amide bonds. The summed E-state index contributed by atoms with van der Waals surface area (Å²) in [7, 11) is 0. The first-order valence-electron chi connectivity index (χ1n) is 16.2. The molecule has 0 radical (unpaired) electrons. The van der Waals surface area contributed by atoms with Crippen LogP contribution >= 0.6 is 22.7 Å². The summed E-state index contributed by atoms with van der Waals surface area (Å²) in [5, 5.41) is 6.99. The van der Waals surface area contributed by atoms with Crippen LogP contribution in [0.4, 0.5) is 17.1 Å². The third-order valence-electron chi connectivity index (χ3n) is 9.49. The Morgan fingerprint density at radius 3 is 1.94 bits per heavy atom. The van der Waals surface area contributed by atoms with E-state index in [1.165, 1.54) is 40.3 Å². The maximum atomic E-state index is 6.79. The van der Waals surface area contributed by atoms with E-state index in [0.717, 1.165) is 50.1 Å². The second kappa shape index (κ2) is 10.3. The Kier molecular flexibility index (Phi) is 5.67. The van der Waals surface area contributed by atoms with Gasteiger partial charge >= 0.3 is 0 Å². The molecule has 230 valence electrons. The monoisotopic (exact) mass is 664 g/mol. The van der Waals surface area contributed by atoms with Crippen LogP contribution in [0.25, 0.3) is 84.8 Å². The highest BCUT2D eigenvalue weighted by Gasteiger charge is 2.25. The highest BCUT2D eigenvalue weighted by atomic mass is 32.1. The van der Waals surface area contributed by atoms with E-state index in [0.29, 0.717) is 11.5 Å². The molecular formula is C43H24N2O2S2. The molecule has 0 unspecified atom stereocenters. The van der Waals surface area contributed by atoms with E-state index in [9.17, 15) is 0 Å². The number of anilines is 3. The number of fused-ring (bicyclic) bond motifs is 11. The van der Waals surface area contributed by atoms with Gasteiger partial charge in [-0.05, 0) is 60.7 Å². The van der Waals surface area contributed by atoms with Gasteiger partial charge in [-0.3, -0.25) is 0 Å². The molecule has 0 fully saturated rings. The lowest BCUT2D eigenvalue weighted by atomic mass is 10.1. The fourth-order valence-corrected chi connectivity index (χ4v) is 9.49. The summed E-state index contributed by atoms with van der Waals surface area (Å²) >= 11 is 3.65. The van der Waals surface area contributed by atoms with Crippen LogP contribution in [-0.4, -0.2) is 4.98 Å². The van der Waals surface area contributed by atoms with E-state index in [2.05, 4.69) is 108 Å². The molecule has 11 aromatic rings. The number of thiophene rings is 2. The average molecular weight is 665 g/mol. The molecule has 0 saturated carbocycles. The van der Waals surface area contributed by atoms with Gasteiger partial charge in [-0.2, -0.15) is 0 Å². The third kappa shape index (κ3) is 4.05.